The van der Waals surface area contributed by atoms with Crippen molar-refractivity contribution in [1.82, 2.24) is 5.32 Å². The molecule has 1 saturated heterocycles. The fourth-order valence-corrected chi connectivity index (χ4v) is 2.56. The first-order valence-corrected chi connectivity index (χ1v) is 6.96. The molecular formula is C14H19ClN2O2. The standard InChI is InChI=1S/C14H19ClN2O2/c1-10(14(18)19)16-9-11-12(15)5-4-6-13(11)17-7-2-3-8-17/h4-6,10,16H,2-3,7-9H2,1H3,(H,18,19). The summed E-state index contributed by atoms with van der Waals surface area (Å²) in [5.41, 5.74) is 2.11. The summed E-state index contributed by atoms with van der Waals surface area (Å²) in [6.45, 7) is 4.19. The lowest BCUT2D eigenvalue weighted by Gasteiger charge is -2.23. The van der Waals surface area contributed by atoms with Crippen molar-refractivity contribution in [3.63, 3.8) is 0 Å². The Kier molecular flexibility index (Phi) is 4.66. The van der Waals surface area contributed by atoms with Gasteiger partial charge in [0, 0.05) is 35.9 Å². The number of anilines is 1. The van der Waals surface area contributed by atoms with Crippen molar-refractivity contribution in [3.05, 3.63) is 28.8 Å². The van der Waals surface area contributed by atoms with Crippen LogP contribution in [-0.4, -0.2) is 30.2 Å². The molecule has 0 radical (unpaired) electrons. The Hall–Kier alpha value is -1.26. The average Bonchev–Trinajstić information content (AvgIpc) is 2.90. The molecule has 1 aromatic carbocycles. The summed E-state index contributed by atoms with van der Waals surface area (Å²) in [7, 11) is 0. The number of carbonyl (C=O) groups is 1. The van der Waals surface area contributed by atoms with E-state index in [1.54, 1.807) is 6.92 Å². The predicted molar refractivity (Wildman–Crippen MR) is 76.8 cm³/mol. The minimum Gasteiger partial charge on any atom is -0.480 e. The number of nitrogens with zero attached hydrogens (tertiary/aromatic N) is 1. The van der Waals surface area contributed by atoms with Crippen molar-refractivity contribution in [2.75, 3.05) is 18.0 Å². The van der Waals surface area contributed by atoms with E-state index in [4.69, 9.17) is 16.7 Å². The highest BCUT2D eigenvalue weighted by molar-refractivity contribution is 6.31. The third kappa shape index (κ3) is 3.39. The summed E-state index contributed by atoms with van der Waals surface area (Å²) >= 11 is 6.26. The van der Waals surface area contributed by atoms with Crippen molar-refractivity contribution in [2.45, 2.75) is 32.4 Å². The molecule has 1 aliphatic rings. The molecule has 1 unspecified atom stereocenters. The van der Waals surface area contributed by atoms with E-state index in [9.17, 15) is 4.79 Å². The summed E-state index contributed by atoms with van der Waals surface area (Å²) in [6, 6.07) is 5.27. The molecule has 0 amide bonds. The van der Waals surface area contributed by atoms with Gasteiger partial charge in [0.05, 0.1) is 0 Å². The molecule has 0 aliphatic carbocycles. The normalized spacial score (nSPS) is 16.6. The largest absolute Gasteiger partial charge is 0.480 e. The Morgan fingerprint density at radius 3 is 2.79 bits per heavy atom. The van der Waals surface area contributed by atoms with Crippen molar-refractivity contribution in [2.24, 2.45) is 0 Å². The zero-order valence-corrected chi connectivity index (χ0v) is 11.8. The first kappa shape index (κ1) is 14.2. The lowest BCUT2D eigenvalue weighted by molar-refractivity contribution is -0.139. The molecule has 2 N–H and O–H groups in total. The van der Waals surface area contributed by atoms with Crippen LogP contribution in [0.5, 0.6) is 0 Å². The molecule has 104 valence electrons. The maximum absolute atomic E-state index is 10.8. The van der Waals surface area contributed by atoms with Gasteiger partial charge in [-0.1, -0.05) is 17.7 Å². The smallest absolute Gasteiger partial charge is 0.320 e. The van der Waals surface area contributed by atoms with Gasteiger partial charge >= 0.3 is 5.97 Å². The second kappa shape index (κ2) is 6.26. The van der Waals surface area contributed by atoms with Crippen LogP contribution in [-0.2, 0) is 11.3 Å². The highest BCUT2D eigenvalue weighted by atomic mass is 35.5. The third-order valence-corrected chi connectivity index (χ3v) is 3.85. The van der Waals surface area contributed by atoms with Gasteiger partial charge < -0.3 is 15.3 Å². The van der Waals surface area contributed by atoms with E-state index in [0.29, 0.717) is 11.6 Å². The second-order valence-electron chi connectivity index (χ2n) is 4.87. The van der Waals surface area contributed by atoms with Crippen LogP contribution in [0.4, 0.5) is 5.69 Å². The number of hydrogen-bond donors (Lipinski definition) is 2. The number of rotatable bonds is 5. The van der Waals surface area contributed by atoms with Crippen molar-refractivity contribution in [3.8, 4) is 0 Å². The minimum absolute atomic E-state index is 0.471. The van der Waals surface area contributed by atoms with Gasteiger partial charge in [-0.3, -0.25) is 4.79 Å². The number of carboxylic acid groups (broad SMARTS) is 1. The quantitative estimate of drug-likeness (QED) is 0.871. The van der Waals surface area contributed by atoms with Gasteiger partial charge in [0.1, 0.15) is 6.04 Å². The van der Waals surface area contributed by atoms with E-state index < -0.39 is 12.0 Å². The van der Waals surface area contributed by atoms with Crippen molar-refractivity contribution < 1.29 is 9.90 Å². The van der Waals surface area contributed by atoms with E-state index >= 15 is 0 Å². The molecule has 1 aliphatic heterocycles. The SMILES string of the molecule is CC(NCc1c(Cl)cccc1N1CCCC1)C(=O)O. The number of benzene rings is 1. The van der Waals surface area contributed by atoms with Gasteiger partial charge in [0.2, 0.25) is 0 Å². The maximum atomic E-state index is 10.8. The van der Waals surface area contributed by atoms with E-state index in [0.717, 1.165) is 24.3 Å². The minimum atomic E-state index is -0.852. The molecule has 19 heavy (non-hydrogen) atoms. The number of aliphatic carboxylic acids is 1. The second-order valence-corrected chi connectivity index (χ2v) is 5.28. The van der Waals surface area contributed by atoms with E-state index in [2.05, 4.69) is 16.3 Å². The fraction of sp³-hybridized carbons (Fsp3) is 0.500. The van der Waals surface area contributed by atoms with Crippen LogP contribution >= 0.6 is 11.6 Å². The van der Waals surface area contributed by atoms with E-state index in [-0.39, 0.29) is 0 Å². The monoisotopic (exact) mass is 282 g/mol. The third-order valence-electron chi connectivity index (χ3n) is 3.50. The van der Waals surface area contributed by atoms with Crippen molar-refractivity contribution >= 4 is 23.3 Å². The number of nitrogens with one attached hydrogen (secondary N) is 1. The molecule has 1 atom stereocenters. The van der Waals surface area contributed by atoms with Crippen LogP contribution in [0, 0.1) is 0 Å². The Morgan fingerprint density at radius 2 is 2.16 bits per heavy atom. The number of hydrogen-bond acceptors (Lipinski definition) is 3. The molecule has 0 saturated carbocycles. The number of carboxylic acids is 1. The van der Waals surface area contributed by atoms with Gasteiger partial charge in [0.25, 0.3) is 0 Å². The Morgan fingerprint density at radius 1 is 1.47 bits per heavy atom. The highest BCUT2D eigenvalue weighted by Crippen LogP contribution is 2.29. The zero-order valence-electron chi connectivity index (χ0n) is 11.0. The molecule has 2 rings (SSSR count). The summed E-state index contributed by atoms with van der Waals surface area (Å²) in [5, 5.41) is 12.6. The molecule has 5 heteroatoms. The summed E-state index contributed by atoms with van der Waals surface area (Å²) in [6.07, 6.45) is 2.40. The maximum Gasteiger partial charge on any atom is 0.320 e. The molecule has 1 heterocycles. The molecule has 1 aromatic rings. The van der Waals surface area contributed by atoms with Crippen LogP contribution in [0.25, 0.3) is 0 Å². The van der Waals surface area contributed by atoms with Gasteiger partial charge in [-0.25, -0.2) is 0 Å². The topological polar surface area (TPSA) is 52.6 Å². The molecule has 1 fully saturated rings. The number of halogens is 1. The fourth-order valence-electron chi connectivity index (χ4n) is 2.32. The van der Waals surface area contributed by atoms with Crippen molar-refractivity contribution in [1.29, 1.82) is 0 Å². The first-order valence-electron chi connectivity index (χ1n) is 6.58. The molecule has 0 spiro atoms. The summed E-state index contributed by atoms with van der Waals surface area (Å²) in [5.74, 6) is -0.852. The van der Waals surface area contributed by atoms with E-state index in [1.807, 2.05) is 12.1 Å². The Balaban J connectivity index is 2.15. The first-order chi connectivity index (χ1) is 9.09. The highest BCUT2D eigenvalue weighted by Gasteiger charge is 2.18. The molecule has 0 aromatic heterocycles. The van der Waals surface area contributed by atoms with Crippen LogP contribution in [0.2, 0.25) is 5.02 Å². The van der Waals surface area contributed by atoms with Gasteiger partial charge in [-0.15, -0.1) is 0 Å². The molecule has 4 nitrogen and oxygen atoms in total. The summed E-state index contributed by atoms with van der Waals surface area (Å²) < 4.78 is 0. The molecule has 0 bridgehead atoms. The van der Waals surface area contributed by atoms with Gasteiger partial charge in [-0.05, 0) is 31.9 Å². The van der Waals surface area contributed by atoms with Gasteiger partial charge in [-0.2, -0.15) is 0 Å². The Bertz CT molecular complexity index is 459. The lowest BCUT2D eigenvalue weighted by Crippen LogP contribution is -2.33. The van der Waals surface area contributed by atoms with Crippen LogP contribution in [0.3, 0.4) is 0 Å². The summed E-state index contributed by atoms with van der Waals surface area (Å²) in [4.78, 5) is 13.2. The predicted octanol–water partition coefficient (Wildman–Crippen LogP) is 2.50. The van der Waals surface area contributed by atoms with Crippen LogP contribution < -0.4 is 10.2 Å². The lowest BCUT2D eigenvalue weighted by atomic mass is 10.1. The van der Waals surface area contributed by atoms with Gasteiger partial charge in [0.15, 0.2) is 0 Å². The van der Waals surface area contributed by atoms with E-state index in [1.165, 1.54) is 12.8 Å². The Labute approximate surface area is 118 Å². The zero-order chi connectivity index (χ0) is 13.8. The van der Waals surface area contributed by atoms with Crippen LogP contribution in [0.1, 0.15) is 25.3 Å². The molecular weight excluding hydrogens is 264 g/mol. The van der Waals surface area contributed by atoms with Crippen LogP contribution in [0.15, 0.2) is 18.2 Å². The average molecular weight is 283 g/mol.